The highest BCUT2D eigenvalue weighted by atomic mass is 16.3. The van der Waals surface area contributed by atoms with Crippen molar-refractivity contribution in [1.82, 2.24) is 20.0 Å². The van der Waals surface area contributed by atoms with Gasteiger partial charge in [0.1, 0.15) is 0 Å². The Labute approximate surface area is 144 Å². The first-order chi connectivity index (χ1) is 11.2. The maximum Gasteiger partial charge on any atom is 0.238 e. The van der Waals surface area contributed by atoms with Crippen molar-refractivity contribution in [1.29, 1.82) is 0 Å². The average Bonchev–Trinajstić information content (AvgIpc) is 2.80. The van der Waals surface area contributed by atoms with Gasteiger partial charge in [-0.15, -0.1) is 0 Å². The number of aliphatic hydroxyl groups is 1. The van der Waals surface area contributed by atoms with Gasteiger partial charge in [0.15, 0.2) is 0 Å². The number of hydrogen-bond donors (Lipinski definition) is 3. The first-order valence-electron chi connectivity index (χ1n) is 8.61. The van der Waals surface area contributed by atoms with Gasteiger partial charge in [0.2, 0.25) is 5.91 Å². The van der Waals surface area contributed by atoms with Crippen LogP contribution in [0.15, 0.2) is 0 Å². The lowest BCUT2D eigenvalue weighted by molar-refractivity contribution is -0.117. The summed E-state index contributed by atoms with van der Waals surface area (Å²) >= 11 is 0. The Kier molecular flexibility index (Phi) is 6.01. The summed E-state index contributed by atoms with van der Waals surface area (Å²) in [5.41, 5.74) is 2.37. The molecule has 136 valence electrons. The number of anilines is 1. The predicted octanol–water partition coefficient (Wildman–Crippen LogP) is 0.990. The van der Waals surface area contributed by atoms with Crippen LogP contribution in [0.1, 0.15) is 32.2 Å². The van der Waals surface area contributed by atoms with Crippen molar-refractivity contribution in [3.63, 3.8) is 0 Å². The van der Waals surface area contributed by atoms with E-state index in [1.807, 2.05) is 13.8 Å². The van der Waals surface area contributed by atoms with E-state index < -0.39 is 0 Å². The first kappa shape index (κ1) is 18.9. The predicted molar refractivity (Wildman–Crippen MR) is 95.0 cm³/mol. The topological polar surface area (TPSA) is 84.5 Å². The number of aromatic amines is 1. The highest BCUT2D eigenvalue weighted by molar-refractivity contribution is 5.93. The van der Waals surface area contributed by atoms with Crippen molar-refractivity contribution in [3.8, 4) is 0 Å². The van der Waals surface area contributed by atoms with Gasteiger partial charge in [-0.2, -0.15) is 5.10 Å². The molecule has 2 heterocycles. The molecule has 1 aromatic rings. The third-order valence-electron chi connectivity index (χ3n) is 4.66. The fraction of sp³-hybridized carbons (Fsp3) is 0.765. The summed E-state index contributed by atoms with van der Waals surface area (Å²) < 4.78 is 0. The van der Waals surface area contributed by atoms with E-state index in [1.165, 1.54) is 0 Å². The van der Waals surface area contributed by atoms with E-state index in [2.05, 4.69) is 46.1 Å². The first-order valence-corrected chi connectivity index (χ1v) is 8.61. The summed E-state index contributed by atoms with van der Waals surface area (Å²) in [6.45, 7) is 14.5. The zero-order valence-corrected chi connectivity index (χ0v) is 15.5. The van der Waals surface area contributed by atoms with Crippen LogP contribution in [0.3, 0.4) is 0 Å². The van der Waals surface area contributed by atoms with Crippen LogP contribution >= 0.6 is 0 Å². The van der Waals surface area contributed by atoms with Gasteiger partial charge in [-0.3, -0.25) is 19.7 Å². The maximum absolute atomic E-state index is 12.2. The van der Waals surface area contributed by atoms with E-state index in [1.54, 1.807) is 0 Å². The van der Waals surface area contributed by atoms with Gasteiger partial charge in [-0.25, -0.2) is 0 Å². The molecule has 1 aliphatic rings. The molecule has 24 heavy (non-hydrogen) atoms. The second kappa shape index (κ2) is 7.63. The Morgan fingerprint density at radius 3 is 2.33 bits per heavy atom. The molecule has 1 amide bonds. The van der Waals surface area contributed by atoms with Crippen LogP contribution in [0.5, 0.6) is 0 Å². The van der Waals surface area contributed by atoms with E-state index in [4.69, 9.17) is 0 Å². The summed E-state index contributed by atoms with van der Waals surface area (Å²) in [7, 11) is 0. The van der Waals surface area contributed by atoms with E-state index in [9.17, 15) is 9.90 Å². The number of carbonyl (C=O) groups excluding carboxylic acids is 1. The molecule has 1 aromatic heterocycles. The Morgan fingerprint density at radius 2 is 1.83 bits per heavy atom. The second-order valence-electron chi connectivity index (χ2n) is 7.82. The standard InChI is InChI=1S/C17H31N5O2/c1-12-16(13(2)20-19-12)18-15(24)11-22-8-6-21(7-9-22)10-14(23)17(3,4)5/h14,23H,6-11H2,1-5H3,(H,18,24)(H,19,20). The van der Waals surface area contributed by atoms with E-state index >= 15 is 0 Å². The fourth-order valence-corrected chi connectivity index (χ4v) is 2.77. The molecule has 7 heteroatoms. The smallest absolute Gasteiger partial charge is 0.238 e. The number of aromatic nitrogens is 2. The number of nitrogens with zero attached hydrogens (tertiary/aromatic N) is 3. The number of amides is 1. The molecule has 0 radical (unpaired) electrons. The molecule has 0 spiro atoms. The quantitative estimate of drug-likeness (QED) is 0.746. The zero-order valence-electron chi connectivity index (χ0n) is 15.5. The molecule has 3 N–H and O–H groups in total. The third kappa shape index (κ3) is 5.03. The van der Waals surface area contributed by atoms with Crippen LogP contribution in [0.4, 0.5) is 5.69 Å². The largest absolute Gasteiger partial charge is 0.391 e. The lowest BCUT2D eigenvalue weighted by Crippen LogP contribution is -2.51. The molecular formula is C17H31N5O2. The van der Waals surface area contributed by atoms with Gasteiger partial charge in [0, 0.05) is 32.7 Å². The van der Waals surface area contributed by atoms with Gasteiger partial charge in [-0.1, -0.05) is 20.8 Å². The number of piperazine rings is 1. The molecule has 0 saturated carbocycles. The molecule has 1 aliphatic heterocycles. The van der Waals surface area contributed by atoms with E-state index in [-0.39, 0.29) is 17.4 Å². The minimum atomic E-state index is -0.334. The number of aryl methyl sites for hydroxylation is 2. The minimum absolute atomic E-state index is 0.00854. The molecule has 2 rings (SSSR count). The van der Waals surface area contributed by atoms with Crippen molar-refractivity contribution < 1.29 is 9.90 Å². The lowest BCUT2D eigenvalue weighted by atomic mass is 9.89. The number of hydrogen-bond acceptors (Lipinski definition) is 5. The highest BCUT2D eigenvalue weighted by Gasteiger charge is 2.27. The zero-order chi connectivity index (χ0) is 17.9. The van der Waals surface area contributed by atoms with Crippen LogP contribution in [0.25, 0.3) is 0 Å². The SMILES string of the molecule is Cc1n[nH]c(C)c1NC(=O)CN1CCN(CC(O)C(C)(C)C)CC1. The van der Waals surface area contributed by atoms with Gasteiger partial charge in [0.25, 0.3) is 0 Å². The highest BCUT2D eigenvalue weighted by Crippen LogP contribution is 2.20. The second-order valence-corrected chi connectivity index (χ2v) is 7.82. The Balaban J connectivity index is 1.76. The van der Waals surface area contributed by atoms with Crippen molar-refractivity contribution in [2.45, 2.75) is 40.7 Å². The molecule has 1 fully saturated rings. The van der Waals surface area contributed by atoms with Crippen LogP contribution in [-0.4, -0.2) is 76.4 Å². The fourth-order valence-electron chi connectivity index (χ4n) is 2.77. The normalized spacial score (nSPS) is 18.6. The van der Waals surface area contributed by atoms with Crippen molar-refractivity contribution in [2.24, 2.45) is 5.41 Å². The lowest BCUT2D eigenvalue weighted by Gasteiger charge is -2.37. The number of carbonyl (C=O) groups is 1. The molecule has 0 aromatic carbocycles. The summed E-state index contributed by atoms with van der Waals surface area (Å²) in [5.74, 6) is -0.00854. The third-order valence-corrected chi connectivity index (χ3v) is 4.66. The Bertz CT molecular complexity index is 536. The molecule has 0 aliphatic carbocycles. The van der Waals surface area contributed by atoms with E-state index in [0.29, 0.717) is 13.1 Å². The van der Waals surface area contributed by atoms with Crippen LogP contribution < -0.4 is 5.32 Å². The molecule has 7 nitrogen and oxygen atoms in total. The minimum Gasteiger partial charge on any atom is -0.391 e. The average molecular weight is 337 g/mol. The van der Waals surface area contributed by atoms with Crippen molar-refractivity contribution in [3.05, 3.63) is 11.4 Å². The number of aliphatic hydroxyl groups excluding tert-OH is 1. The van der Waals surface area contributed by atoms with Gasteiger partial charge >= 0.3 is 0 Å². The van der Waals surface area contributed by atoms with Crippen LogP contribution in [-0.2, 0) is 4.79 Å². The van der Waals surface area contributed by atoms with Crippen LogP contribution in [0, 0.1) is 19.3 Å². The summed E-state index contributed by atoms with van der Waals surface area (Å²) in [6, 6.07) is 0. The maximum atomic E-state index is 12.2. The summed E-state index contributed by atoms with van der Waals surface area (Å²) in [5, 5.41) is 20.1. The van der Waals surface area contributed by atoms with Crippen molar-refractivity contribution in [2.75, 3.05) is 44.6 Å². The monoisotopic (exact) mass is 337 g/mol. The number of nitrogens with one attached hydrogen (secondary N) is 2. The van der Waals surface area contributed by atoms with Gasteiger partial charge < -0.3 is 10.4 Å². The van der Waals surface area contributed by atoms with Crippen molar-refractivity contribution >= 4 is 11.6 Å². The van der Waals surface area contributed by atoms with Crippen LogP contribution in [0.2, 0.25) is 0 Å². The number of β-amino-alcohol motifs (C(OH)–C–C–N with tert-alkyl or cyclic N) is 1. The Hall–Kier alpha value is -1.44. The molecule has 1 saturated heterocycles. The molecular weight excluding hydrogens is 306 g/mol. The van der Waals surface area contributed by atoms with Gasteiger partial charge in [0.05, 0.1) is 29.7 Å². The molecule has 0 bridgehead atoms. The summed E-state index contributed by atoms with van der Waals surface area (Å²) in [4.78, 5) is 16.7. The molecule has 1 unspecified atom stereocenters. The van der Waals surface area contributed by atoms with Gasteiger partial charge in [-0.05, 0) is 19.3 Å². The number of rotatable bonds is 5. The Morgan fingerprint density at radius 1 is 1.25 bits per heavy atom. The molecule has 1 atom stereocenters. The number of H-pyrrole nitrogens is 1. The summed E-state index contributed by atoms with van der Waals surface area (Å²) in [6.07, 6.45) is -0.334. The van der Waals surface area contributed by atoms with E-state index in [0.717, 1.165) is 43.3 Å².